The molecule has 0 fully saturated rings. The average molecular weight is 317 g/mol. The van der Waals surface area contributed by atoms with Gasteiger partial charge in [0.15, 0.2) is 0 Å². The first-order valence-corrected chi connectivity index (χ1v) is 7.27. The molecule has 0 radical (unpaired) electrons. The highest BCUT2D eigenvalue weighted by Crippen LogP contribution is 2.19. The van der Waals surface area contributed by atoms with E-state index >= 15 is 0 Å². The number of ether oxygens (including phenoxy) is 1. The minimum atomic E-state index is -0.980. The first-order chi connectivity index (χ1) is 11.1. The third kappa shape index (κ3) is 3.98. The molecular formula is C17H19NO5. The number of rotatable bonds is 7. The molecule has 1 heterocycles. The van der Waals surface area contributed by atoms with Crippen molar-refractivity contribution in [3.8, 4) is 0 Å². The summed E-state index contributed by atoms with van der Waals surface area (Å²) in [5.41, 5.74) is 1.02. The first kappa shape index (κ1) is 16.8. The van der Waals surface area contributed by atoms with E-state index < -0.39 is 18.0 Å². The van der Waals surface area contributed by atoms with Crippen molar-refractivity contribution >= 4 is 11.9 Å². The zero-order valence-electron chi connectivity index (χ0n) is 13.0. The van der Waals surface area contributed by atoms with E-state index in [1.54, 1.807) is 30.3 Å². The summed E-state index contributed by atoms with van der Waals surface area (Å²) in [7, 11) is 1.31. The molecule has 23 heavy (non-hydrogen) atoms. The fourth-order valence-corrected chi connectivity index (χ4v) is 2.31. The number of esters is 1. The lowest BCUT2D eigenvalue weighted by Crippen LogP contribution is -2.27. The van der Waals surface area contributed by atoms with Gasteiger partial charge in [0.25, 0.3) is 0 Å². The molecule has 6 heteroatoms. The topological polar surface area (TPSA) is 88.8 Å². The number of hydrogen-bond acceptors (Lipinski definition) is 5. The Kier molecular flexibility index (Phi) is 5.54. The summed E-state index contributed by atoms with van der Waals surface area (Å²) in [6, 6.07) is 9.60. The maximum Gasteiger partial charge on any atom is 0.341 e. The maximum absolute atomic E-state index is 11.7. The van der Waals surface area contributed by atoms with Crippen LogP contribution in [0.15, 0.2) is 40.8 Å². The van der Waals surface area contributed by atoms with Crippen LogP contribution < -0.4 is 5.32 Å². The SMILES string of the molecule is CCc1oc(CN[C@H](C(=O)O)c2ccccc2)cc1C(=O)OC. The van der Waals surface area contributed by atoms with Crippen LogP contribution in [0.4, 0.5) is 0 Å². The van der Waals surface area contributed by atoms with E-state index in [0.717, 1.165) is 0 Å². The Morgan fingerprint density at radius 1 is 1.30 bits per heavy atom. The van der Waals surface area contributed by atoms with Gasteiger partial charge in [-0.15, -0.1) is 0 Å². The molecule has 1 atom stereocenters. The number of carboxylic acid groups (broad SMARTS) is 1. The largest absolute Gasteiger partial charge is 0.480 e. The number of carbonyl (C=O) groups is 2. The maximum atomic E-state index is 11.7. The van der Waals surface area contributed by atoms with Gasteiger partial charge in [0.2, 0.25) is 0 Å². The number of methoxy groups -OCH3 is 1. The number of carboxylic acids is 1. The highest BCUT2D eigenvalue weighted by Gasteiger charge is 2.21. The summed E-state index contributed by atoms with van der Waals surface area (Å²) in [4.78, 5) is 23.1. The molecule has 2 N–H and O–H groups in total. The summed E-state index contributed by atoms with van der Waals surface area (Å²) in [5.74, 6) is -0.425. The Morgan fingerprint density at radius 2 is 2.00 bits per heavy atom. The quantitative estimate of drug-likeness (QED) is 0.763. The third-order valence-electron chi connectivity index (χ3n) is 3.45. The van der Waals surface area contributed by atoms with Gasteiger partial charge in [0.05, 0.1) is 13.7 Å². The average Bonchev–Trinajstić information content (AvgIpc) is 2.98. The summed E-state index contributed by atoms with van der Waals surface area (Å²) in [5, 5.41) is 12.3. The van der Waals surface area contributed by atoms with Crippen molar-refractivity contribution in [1.82, 2.24) is 5.32 Å². The molecule has 0 aliphatic carbocycles. The lowest BCUT2D eigenvalue weighted by Gasteiger charge is -2.13. The minimum Gasteiger partial charge on any atom is -0.480 e. The van der Waals surface area contributed by atoms with Crippen LogP contribution in [0.25, 0.3) is 0 Å². The Labute approximate surface area is 134 Å². The smallest absolute Gasteiger partial charge is 0.341 e. The molecule has 1 aromatic heterocycles. The van der Waals surface area contributed by atoms with Gasteiger partial charge in [0.1, 0.15) is 23.1 Å². The van der Waals surface area contributed by atoms with Gasteiger partial charge in [-0.1, -0.05) is 37.3 Å². The van der Waals surface area contributed by atoms with Crippen molar-refractivity contribution in [2.45, 2.75) is 25.9 Å². The van der Waals surface area contributed by atoms with Crippen molar-refractivity contribution in [3.63, 3.8) is 0 Å². The van der Waals surface area contributed by atoms with E-state index in [0.29, 0.717) is 29.1 Å². The van der Waals surface area contributed by atoms with Crippen LogP contribution in [0.2, 0.25) is 0 Å². The van der Waals surface area contributed by atoms with Crippen LogP contribution in [0.1, 0.15) is 40.4 Å². The van der Waals surface area contributed by atoms with Crippen molar-refractivity contribution in [2.75, 3.05) is 7.11 Å². The molecule has 6 nitrogen and oxygen atoms in total. The number of nitrogens with one attached hydrogen (secondary N) is 1. The standard InChI is InChI=1S/C17H19NO5/c1-3-14-13(17(21)22-2)9-12(23-14)10-18-15(16(19)20)11-7-5-4-6-8-11/h4-9,15,18H,3,10H2,1-2H3,(H,19,20)/t15-/m0/s1. The van der Waals surface area contributed by atoms with Crippen LogP contribution in [0.5, 0.6) is 0 Å². The van der Waals surface area contributed by atoms with Gasteiger partial charge in [-0.05, 0) is 11.6 Å². The molecular weight excluding hydrogens is 298 g/mol. The predicted molar refractivity (Wildman–Crippen MR) is 83.1 cm³/mol. The van der Waals surface area contributed by atoms with Crippen LogP contribution >= 0.6 is 0 Å². The van der Waals surface area contributed by atoms with Gasteiger partial charge in [0, 0.05) is 6.42 Å². The van der Waals surface area contributed by atoms with Crippen LogP contribution in [0, 0.1) is 0 Å². The highest BCUT2D eigenvalue weighted by molar-refractivity contribution is 5.90. The Hall–Kier alpha value is -2.60. The van der Waals surface area contributed by atoms with Crippen molar-refractivity contribution in [3.05, 3.63) is 59.0 Å². The molecule has 2 rings (SSSR count). The number of benzene rings is 1. The zero-order valence-corrected chi connectivity index (χ0v) is 13.0. The molecule has 0 aliphatic heterocycles. The summed E-state index contributed by atoms with van der Waals surface area (Å²) in [6.45, 7) is 2.06. The van der Waals surface area contributed by atoms with E-state index in [2.05, 4.69) is 5.32 Å². The van der Waals surface area contributed by atoms with Crippen LogP contribution in [-0.4, -0.2) is 24.2 Å². The molecule has 1 aromatic carbocycles. The van der Waals surface area contributed by atoms with Gasteiger partial charge in [-0.3, -0.25) is 10.1 Å². The molecule has 0 spiro atoms. The van der Waals surface area contributed by atoms with Crippen LogP contribution in [0.3, 0.4) is 0 Å². The van der Waals surface area contributed by atoms with Gasteiger partial charge in [-0.25, -0.2) is 4.79 Å². The Balaban J connectivity index is 2.14. The highest BCUT2D eigenvalue weighted by atomic mass is 16.5. The summed E-state index contributed by atoms with van der Waals surface area (Å²) < 4.78 is 10.3. The van der Waals surface area contributed by atoms with E-state index in [1.165, 1.54) is 7.11 Å². The second-order valence-electron chi connectivity index (χ2n) is 4.96. The fraction of sp³-hybridized carbons (Fsp3) is 0.294. The zero-order chi connectivity index (χ0) is 16.8. The Morgan fingerprint density at radius 3 is 2.57 bits per heavy atom. The number of hydrogen-bond donors (Lipinski definition) is 2. The third-order valence-corrected chi connectivity index (χ3v) is 3.45. The van der Waals surface area contributed by atoms with Gasteiger partial charge in [-0.2, -0.15) is 0 Å². The normalized spacial score (nSPS) is 11.9. The molecule has 0 aliphatic rings. The minimum absolute atomic E-state index is 0.190. The number of aryl methyl sites for hydroxylation is 1. The van der Waals surface area contributed by atoms with E-state index in [1.807, 2.05) is 13.0 Å². The number of aliphatic carboxylic acids is 1. The number of furan rings is 1. The molecule has 0 amide bonds. The molecule has 122 valence electrons. The number of carbonyl (C=O) groups excluding carboxylic acids is 1. The monoisotopic (exact) mass is 317 g/mol. The van der Waals surface area contributed by atoms with E-state index in [4.69, 9.17) is 9.15 Å². The fourth-order valence-electron chi connectivity index (χ4n) is 2.31. The molecule has 0 bridgehead atoms. The summed E-state index contributed by atoms with van der Waals surface area (Å²) >= 11 is 0. The lowest BCUT2D eigenvalue weighted by atomic mass is 10.1. The van der Waals surface area contributed by atoms with Gasteiger partial charge < -0.3 is 14.3 Å². The Bertz CT molecular complexity index is 678. The molecule has 2 aromatic rings. The predicted octanol–water partition coefficient (Wildman–Crippen LogP) is 2.54. The van der Waals surface area contributed by atoms with Gasteiger partial charge >= 0.3 is 11.9 Å². The molecule has 0 saturated carbocycles. The van der Waals surface area contributed by atoms with Crippen molar-refractivity contribution in [1.29, 1.82) is 0 Å². The van der Waals surface area contributed by atoms with Crippen LogP contribution in [-0.2, 0) is 22.5 Å². The van der Waals surface area contributed by atoms with Crippen molar-refractivity contribution < 1.29 is 23.8 Å². The molecule has 0 unspecified atom stereocenters. The first-order valence-electron chi connectivity index (χ1n) is 7.27. The van der Waals surface area contributed by atoms with E-state index in [-0.39, 0.29) is 6.54 Å². The van der Waals surface area contributed by atoms with E-state index in [9.17, 15) is 14.7 Å². The molecule has 0 saturated heterocycles. The van der Waals surface area contributed by atoms with Crippen molar-refractivity contribution in [2.24, 2.45) is 0 Å². The lowest BCUT2D eigenvalue weighted by molar-refractivity contribution is -0.139. The summed E-state index contributed by atoms with van der Waals surface area (Å²) in [6.07, 6.45) is 0.547. The second kappa shape index (κ2) is 7.60. The second-order valence-corrected chi connectivity index (χ2v) is 4.96.